The van der Waals surface area contributed by atoms with Crippen LogP contribution < -0.4 is 14.8 Å². The first kappa shape index (κ1) is 18.8. The van der Waals surface area contributed by atoms with Gasteiger partial charge in [-0.15, -0.1) is 0 Å². The number of ether oxygens (including phenoxy) is 3. The van der Waals surface area contributed by atoms with Crippen molar-refractivity contribution in [1.29, 1.82) is 5.26 Å². The lowest BCUT2D eigenvalue weighted by molar-refractivity contribution is -0.117. The summed E-state index contributed by atoms with van der Waals surface area (Å²) in [5.74, 6) is 0.322. The number of amides is 1. The summed E-state index contributed by atoms with van der Waals surface area (Å²) in [6.07, 6.45) is 1.43. The van der Waals surface area contributed by atoms with E-state index >= 15 is 0 Å². The number of hydrogen-bond acceptors (Lipinski definition) is 5. The Hall–Kier alpha value is -2.23. The fraction of sp³-hybridized carbons (Fsp3) is 0.375. The van der Waals surface area contributed by atoms with Gasteiger partial charge in [-0.25, -0.2) is 0 Å². The second-order valence-electron chi connectivity index (χ2n) is 4.74. The van der Waals surface area contributed by atoms with Crippen molar-refractivity contribution in [3.05, 3.63) is 28.3 Å². The fourth-order valence-electron chi connectivity index (χ4n) is 1.93. The Bertz CT molecular complexity index is 638. The van der Waals surface area contributed by atoms with Gasteiger partial charge >= 0.3 is 0 Å². The maximum atomic E-state index is 12.1. The molecule has 0 aliphatic heterocycles. The number of rotatable bonds is 7. The Balaban J connectivity index is 3.09. The minimum atomic E-state index is -0.483. The summed E-state index contributed by atoms with van der Waals surface area (Å²) in [5, 5.41) is 12.2. The summed E-state index contributed by atoms with van der Waals surface area (Å²) >= 11 is 6.11. The number of nitrogens with one attached hydrogen (secondary N) is 1. The molecule has 7 heteroatoms. The van der Waals surface area contributed by atoms with Gasteiger partial charge in [-0.3, -0.25) is 4.79 Å². The van der Waals surface area contributed by atoms with Crippen LogP contribution in [0.15, 0.2) is 17.7 Å². The lowest BCUT2D eigenvalue weighted by Gasteiger charge is -2.12. The summed E-state index contributed by atoms with van der Waals surface area (Å²) in [6, 6.07) is 4.89. The smallest absolute Gasteiger partial charge is 0.262 e. The second-order valence-corrected chi connectivity index (χ2v) is 5.15. The maximum absolute atomic E-state index is 12.1. The van der Waals surface area contributed by atoms with Crippen LogP contribution in [0.5, 0.6) is 11.5 Å². The third-order valence-electron chi connectivity index (χ3n) is 2.93. The molecule has 1 atom stereocenters. The molecule has 1 rings (SSSR count). The molecule has 1 N–H and O–H groups in total. The molecule has 0 spiro atoms. The van der Waals surface area contributed by atoms with Gasteiger partial charge in [-0.05, 0) is 30.7 Å². The van der Waals surface area contributed by atoms with E-state index < -0.39 is 5.91 Å². The molecule has 124 valence electrons. The minimum absolute atomic E-state index is 0.0451. The predicted molar refractivity (Wildman–Crippen MR) is 87.6 cm³/mol. The number of nitrogens with zero attached hydrogens (tertiary/aromatic N) is 1. The molecule has 1 unspecified atom stereocenters. The standard InChI is InChI=1S/C16H19ClN2O4/c1-10(9-21-2)19-16(20)12(8-18)5-11-6-13(17)15(23-4)14(7-11)22-3/h5-7,10H,9H2,1-4H3,(H,19,20). The summed E-state index contributed by atoms with van der Waals surface area (Å²) in [5.41, 5.74) is 0.509. The van der Waals surface area contributed by atoms with E-state index in [0.717, 1.165) is 0 Å². The van der Waals surface area contributed by atoms with Crippen molar-refractivity contribution in [1.82, 2.24) is 5.32 Å². The molecule has 6 nitrogen and oxygen atoms in total. The van der Waals surface area contributed by atoms with Gasteiger partial charge in [0.2, 0.25) is 0 Å². The highest BCUT2D eigenvalue weighted by Crippen LogP contribution is 2.36. The van der Waals surface area contributed by atoms with Gasteiger partial charge in [0.05, 0.1) is 25.8 Å². The molecule has 0 fully saturated rings. The van der Waals surface area contributed by atoms with Gasteiger partial charge in [0, 0.05) is 13.2 Å². The Labute approximate surface area is 140 Å². The highest BCUT2D eigenvalue weighted by atomic mass is 35.5. The molecule has 1 amide bonds. The van der Waals surface area contributed by atoms with E-state index in [1.54, 1.807) is 19.1 Å². The van der Waals surface area contributed by atoms with Gasteiger partial charge in [-0.1, -0.05) is 11.6 Å². The third kappa shape index (κ3) is 5.16. The molecular weight excluding hydrogens is 320 g/mol. The molecule has 0 aliphatic carbocycles. The van der Waals surface area contributed by atoms with Crippen LogP contribution in [0.4, 0.5) is 0 Å². The largest absolute Gasteiger partial charge is 0.493 e. The molecule has 0 heterocycles. The Kier molecular flexibility index (Phi) is 7.39. The number of carbonyl (C=O) groups excluding carboxylic acids is 1. The van der Waals surface area contributed by atoms with Crippen LogP contribution in [0.1, 0.15) is 12.5 Å². The fourth-order valence-corrected chi connectivity index (χ4v) is 2.23. The van der Waals surface area contributed by atoms with Gasteiger partial charge in [-0.2, -0.15) is 5.26 Å². The van der Waals surface area contributed by atoms with Crippen LogP contribution in [0, 0.1) is 11.3 Å². The van der Waals surface area contributed by atoms with Gasteiger partial charge in [0.1, 0.15) is 11.6 Å². The quantitative estimate of drug-likeness (QED) is 0.610. The molecule has 0 aliphatic rings. The SMILES string of the molecule is COCC(C)NC(=O)C(C#N)=Cc1cc(Cl)c(OC)c(OC)c1. The molecule has 1 aromatic rings. The summed E-state index contributed by atoms with van der Waals surface area (Å²) in [4.78, 5) is 12.1. The van der Waals surface area contributed by atoms with Crippen LogP contribution >= 0.6 is 11.6 Å². The van der Waals surface area contributed by atoms with Crippen LogP contribution in [0.2, 0.25) is 5.02 Å². The molecule has 0 aromatic heterocycles. The Morgan fingerprint density at radius 1 is 1.39 bits per heavy atom. The first-order valence-electron chi connectivity index (χ1n) is 6.79. The average Bonchev–Trinajstić information content (AvgIpc) is 2.51. The van der Waals surface area contributed by atoms with Gasteiger partial charge < -0.3 is 19.5 Å². The van der Waals surface area contributed by atoms with Crippen molar-refractivity contribution in [2.45, 2.75) is 13.0 Å². The van der Waals surface area contributed by atoms with Crippen LogP contribution in [0.3, 0.4) is 0 Å². The molecule has 0 saturated heterocycles. The van der Waals surface area contributed by atoms with Crippen molar-refractivity contribution in [3.63, 3.8) is 0 Å². The van der Waals surface area contributed by atoms with Crippen LogP contribution in [0.25, 0.3) is 6.08 Å². The molecule has 0 radical (unpaired) electrons. The van der Waals surface area contributed by atoms with E-state index in [0.29, 0.717) is 28.7 Å². The maximum Gasteiger partial charge on any atom is 0.262 e. The molecule has 1 aromatic carbocycles. The van der Waals surface area contributed by atoms with E-state index in [1.807, 2.05) is 6.07 Å². The first-order chi connectivity index (χ1) is 11.0. The second kappa shape index (κ2) is 9.03. The molecule has 0 saturated carbocycles. The summed E-state index contributed by atoms with van der Waals surface area (Å²) < 4.78 is 15.3. The van der Waals surface area contributed by atoms with E-state index in [9.17, 15) is 10.1 Å². The van der Waals surface area contributed by atoms with E-state index in [1.165, 1.54) is 27.4 Å². The number of hydrogen-bond donors (Lipinski definition) is 1. The number of nitriles is 1. The molecule has 0 bridgehead atoms. The topological polar surface area (TPSA) is 80.6 Å². The van der Waals surface area contributed by atoms with Crippen molar-refractivity contribution in [3.8, 4) is 17.6 Å². The monoisotopic (exact) mass is 338 g/mol. The van der Waals surface area contributed by atoms with Crippen molar-refractivity contribution < 1.29 is 19.0 Å². The van der Waals surface area contributed by atoms with E-state index in [-0.39, 0.29) is 11.6 Å². The Morgan fingerprint density at radius 3 is 2.61 bits per heavy atom. The number of benzene rings is 1. The van der Waals surface area contributed by atoms with Gasteiger partial charge in [0.25, 0.3) is 5.91 Å². The minimum Gasteiger partial charge on any atom is -0.493 e. The number of halogens is 1. The predicted octanol–water partition coefficient (Wildman–Crippen LogP) is 2.42. The molecule has 23 heavy (non-hydrogen) atoms. The zero-order valence-electron chi connectivity index (χ0n) is 13.5. The zero-order valence-corrected chi connectivity index (χ0v) is 14.2. The normalized spacial score (nSPS) is 12.3. The lowest BCUT2D eigenvalue weighted by Crippen LogP contribution is -2.36. The summed E-state index contributed by atoms with van der Waals surface area (Å²) in [7, 11) is 4.49. The molecular formula is C16H19ClN2O4. The Morgan fingerprint density at radius 2 is 2.09 bits per heavy atom. The third-order valence-corrected chi connectivity index (χ3v) is 3.21. The average molecular weight is 339 g/mol. The van der Waals surface area contributed by atoms with Gasteiger partial charge in [0.15, 0.2) is 11.5 Å². The highest BCUT2D eigenvalue weighted by Gasteiger charge is 2.14. The van der Waals surface area contributed by atoms with Crippen LogP contribution in [-0.2, 0) is 9.53 Å². The van der Waals surface area contributed by atoms with Crippen molar-refractivity contribution >= 4 is 23.6 Å². The highest BCUT2D eigenvalue weighted by molar-refractivity contribution is 6.32. The number of carbonyl (C=O) groups is 1. The van der Waals surface area contributed by atoms with E-state index in [2.05, 4.69) is 5.32 Å². The zero-order chi connectivity index (χ0) is 17.4. The van der Waals surface area contributed by atoms with Crippen LogP contribution in [-0.4, -0.2) is 39.9 Å². The first-order valence-corrected chi connectivity index (χ1v) is 7.17. The number of methoxy groups -OCH3 is 3. The van der Waals surface area contributed by atoms with Crippen molar-refractivity contribution in [2.24, 2.45) is 0 Å². The lowest BCUT2D eigenvalue weighted by atomic mass is 10.1. The van der Waals surface area contributed by atoms with Crippen molar-refractivity contribution in [2.75, 3.05) is 27.9 Å². The summed E-state index contributed by atoms with van der Waals surface area (Å²) in [6.45, 7) is 2.14. The van der Waals surface area contributed by atoms with E-state index in [4.69, 9.17) is 25.8 Å².